The Balaban J connectivity index is 2.04. The van der Waals surface area contributed by atoms with E-state index in [2.05, 4.69) is 4.98 Å². The summed E-state index contributed by atoms with van der Waals surface area (Å²) in [7, 11) is 0. The first-order valence-electron chi connectivity index (χ1n) is 5.05. The minimum atomic E-state index is 0.434. The molecule has 82 valence electrons. The Hall–Kier alpha value is -1.33. The number of hydrogen-bond donors (Lipinski definition) is 0. The molecule has 16 heavy (non-hydrogen) atoms. The van der Waals surface area contributed by atoms with Crippen molar-refractivity contribution >= 4 is 23.7 Å². The molecule has 1 aliphatic heterocycles. The van der Waals surface area contributed by atoms with Crippen LogP contribution in [0.1, 0.15) is 10.5 Å². The fraction of sp³-hybridized carbons (Fsp3) is 0.273. The predicted molar refractivity (Wildman–Crippen MR) is 61.0 cm³/mol. The summed E-state index contributed by atoms with van der Waals surface area (Å²) in [5.74, 6) is 0. The fourth-order valence-corrected chi connectivity index (χ4v) is 2.68. The second kappa shape index (κ2) is 3.92. The SMILES string of the molecule is O=Cc1c(SC2COC2)nc2ccccn12. The van der Waals surface area contributed by atoms with Crippen LogP contribution in [0.3, 0.4) is 0 Å². The number of pyridine rings is 1. The summed E-state index contributed by atoms with van der Waals surface area (Å²) in [6.07, 6.45) is 2.72. The fourth-order valence-electron chi connectivity index (χ4n) is 1.63. The van der Waals surface area contributed by atoms with Crippen molar-refractivity contribution in [3.63, 3.8) is 0 Å². The largest absolute Gasteiger partial charge is 0.379 e. The molecular formula is C11H10N2O2S. The van der Waals surface area contributed by atoms with Gasteiger partial charge in [0.15, 0.2) is 6.29 Å². The van der Waals surface area contributed by atoms with Crippen LogP contribution in [0, 0.1) is 0 Å². The third kappa shape index (κ3) is 1.52. The van der Waals surface area contributed by atoms with Gasteiger partial charge in [-0.15, -0.1) is 0 Å². The van der Waals surface area contributed by atoms with Crippen molar-refractivity contribution in [2.24, 2.45) is 0 Å². The maximum absolute atomic E-state index is 11.1. The molecule has 0 atom stereocenters. The lowest BCUT2D eigenvalue weighted by atomic mass is 10.4. The highest BCUT2D eigenvalue weighted by Gasteiger charge is 2.23. The van der Waals surface area contributed by atoms with Crippen LogP contribution in [-0.4, -0.2) is 34.1 Å². The van der Waals surface area contributed by atoms with E-state index in [9.17, 15) is 4.79 Å². The average molecular weight is 234 g/mol. The Morgan fingerprint density at radius 1 is 1.50 bits per heavy atom. The zero-order chi connectivity index (χ0) is 11.0. The first kappa shape index (κ1) is 9.86. The lowest BCUT2D eigenvalue weighted by molar-refractivity contribution is 0.0454. The van der Waals surface area contributed by atoms with E-state index in [1.807, 2.05) is 28.8 Å². The number of thioether (sulfide) groups is 1. The van der Waals surface area contributed by atoms with Crippen LogP contribution in [0.4, 0.5) is 0 Å². The van der Waals surface area contributed by atoms with E-state index in [-0.39, 0.29) is 0 Å². The number of carbonyl (C=O) groups is 1. The molecule has 3 heterocycles. The van der Waals surface area contributed by atoms with Gasteiger partial charge in [-0.25, -0.2) is 4.98 Å². The van der Waals surface area contributed by atoms with E-state index in [4.69, 9.17) is 4.74 Å². The van der Waals surface area contributed by atoms with E-state index in [1.54, 1.807) is 11.8 Å². The Morgan fingerprint density at radius 3 is 3.06 bits per heavy atom. The highest BCUT2D eigenvalue weighted by molar-refractivity contribution is 8.00. The van der Waals surface area contributed by atoms with Gasteiger partial charge in [0.1, 0.15) is 16.4 Å². The standard InChI is InChI=1S/C11H10N2O2S/c14-5-9-11(16-8-6-15-7-8)12-10-3-1-2-4-13(9)10/h1-5,8H,6-7H2. The normalized spacial score (nSPS) is 16.2. The van der Waals surface area contributed by atoms with Gasteiger partial charge in [-0.2, -0.15) is 0 Å². The smallest absolute Gasteiger partial charge is 0.169 e. The van der Waals surface area contributed by atoms with Crippen LogP contribution < -0.4 is 0 Å². The molecule has 0 aliphatic carbocycles. The topological polar surface area (TPSA) is 43.6 Å². The zero-order valence-corrected chi connectivity index (χ0v) is 9.31. The first-order valence-corrected chi connectivity index (χ1v) is 5.93. The van der Waals surface area contributed by atoms with E-state index in [0.29, 0.717) is 10.9 Å². The van der Waals surface area contributed by atoms with E-state index in [1.165, 1.54) is 0 Å². The van der Waals surface area contributed by atoms with Gasteiger partial charge in [-0.05, 0) is 12.1 Å². The molecule has 3 rings (SSSR count). The van der Waals surface area contributed by atoms with E-state index >= 15 is 0 Å². The molecule has 0 radical (unpaired) electrons. The summed E-state index contributed by atoms with van der Waals surface area (Å²) < 4.78 is 6.93. The lowest BCUT2D eigenvalue weighted by Crippen LogP contribution is -2.30. The number of imidazole rings is 1. The molecule has 0 bridgehead atoms. The van der Waals surface area contributed by atoms with Crippen molar-refractivity contribution in [1.29, 1.82) is 0 Å². The maximum atomic E-state index is 11.1. The second-order valence-corrected chi connectivity index (χ2v) is 4.92. The maximum Gasteiger partial charge on any atom is 0.169 e. The quantitative estimate of drug-likeness (QED) is 0.757. The minimum absolute atomic E-state index is 0.434. The number of hydrogen-bond acceptors (Lipinski definition) is 4. The van der Waals surface area contributed by atoms with E-state index < -0.39 is 0 Å². The van der Waals surface area contributed by atoms with Gasteiger partial charge in [0, 0.05) is 6.20 Å². The van der Waals surface area contributed by atoms with Gasteiger partial charge in [0.2, 0.25) is 0 Å². The van der Waals surface area contributed by atoms with Crippen molar-refractivity contribution in [3.8, 4) is 0 Å². The van der Waals surface area contributed by atoms with Crippen molar-refractivity contribution in [2.45, 2.75) is 10.3 Å². The van der Waals surface area contributed by atoms with Crippen molar-refractivity contribution in [2.75, 3.05) is 13.2 Å². The third-order valence-electron chi connectivity index (χ3n) is 2.53. The predicted octanol–water partition coefficient (Wildman–Crippen LogP) is 1.64. The Labute approximate surface area is 96.6 Å². The molecule has 0 N–H and O–H groups in total. The summed E-state index contributed by atoms with van der Waals surface area (Å²) >= 11 is 1.62. The lowest BCUT2D eigenvalue weighted by Gasteiger charge is -2.24. The summed E-state index contributed by atoms with van der Waals surface area (Å²) in [5.41, 5.74) is 1.44. The van der Waals surface area contributed by atoms with Crippen LogP contribution in [-0.2, 0) is 4.74 Å². The molecule has 1 saturated heterocycles. The van der Waals surface area contributed by atoms with Gasteiger partial charge in [0.05, 0.1) is 18.5 Å². The molecule has 1 aliphatic rings. The Bertz CT molecular complexity index is 534. The van der Waals surface area contributed by atoms with Crippen LogP contribution in [0.2, 0.25) is 0 Å². The van der Waals surface area contributed by atoms with Crippen LogP contribution in [0.25, 0.3) is 5.65 Å². The van der Waals surface area contributed by atoms with Gasteiger partial charge >= 0.3 is 0 Å². The van der Waals surface area contributed by atoms with Crippen molar-refractivity contribution in [1.82, 2.24) is 9.38 Å². The number of carbonyl (C=O) groups excluding carboxylic acids is 1. The van der Waals surface area contributed by atoms with Gasteiger partial charge in [-0.3, -0.25) is 9.20 Å². The molecule has 0 amide bonds. The van der Waals surface area contributed by atoms with Gasteiger partial charge in [-0.1, -0.05) is 17.8 Å². The summed E-state index contributed by atoms with van der Waals surface area (Å²) in [6, 6.07) is 5.70. The second-order valence-electron chi connectivity index (χ2n) is 3.63. The first-order chi connectivity index (χ1) is 7.88. The molecular weight excluding hydrogens is 224 g/mol. The molecule has 0 saturated carbocycles. The molecule has 2 aromatic rings. The number of nitrogens with zero attached hydrogens (tertiary/aromatic N) is 2. The summed E-state index contributed by atoms with van der Waals surface area (Å²) in [6.45, 7) is 1.49. The molecule has 1 fully saturated rings. The molecule has 2 aromatic heterocycles. The highest BCUT2D eigenvalue weighted by atomic mass is 32.2. The number of aromatic nitrogens is 2. The number of ether oxygens (including phenoxy) is 1. The zero-order valence-electron chi connectivity index (χ0n) is 8.50. The molecule has 0 unspecified atom stereocenters. The average Bonchev–Trinajstić information content (AvgIpc) is 2.60. The molecule has 0 spiro atoms. The van der Waals surface area contributed by atoms with Gasteiger partial charge in [0.25, 0.3) is 0 Å². The highest BCUT2D eigenvalue weighted by Crippen LogP contribution is 2.29. The van der Waals surface area contributed by atoms with Crippen molar-refractivity contribution < 1.29 is 9.53 Å². The summed E-state index contributed by atoms with van der Waals surface area (Å²) in [4.78, 5) is 15.5. The van der Waals surface area contributed by atoms with Crippen LogP contribution in [0.5, 0.6) is 0 Å². The molecule has 4 nitrogen and oxygen atoms in total. The molecule has 5 heteroatoms. The number of fused-ring (bicyclic) bond motifs is 1. The number of aldehydes is 1. The summed E-state index contributed by atoms with van der Waals surface area (Å²) in [5, 5.41) is 1.23. The van der Waals surface area contributed by atoms with E-state index in [0.717, 1.165) is 30.2 Å². The Morgan fingerprint density at radius 2 is 2.38 bits per heavy atom. The third-order valence-corrected chi connectivity index (χ3v) is 3.66. The monoisotopic (exact) mass is 234 g/mol. The van der Waals surface area contributed by atoms with Crippen LogP contribution in [0.15, 0.2) is 29.4 Å². The Kier molecular flexibility index (Phi) is 2.41. The van der Waals surface area contributed by atoms with Crippen LogP contribution >= 0.6 is 11.8 Å². The number of rotatable bonds is 3. The van der Waals surface area contributed by atoms with Crippen molar-refractivity contribution in [3.05, 3.63) is 30.1 Å². The molecule has 0 aromatic carbocycles. The van der Waals surface area contributed by atoms with Gasteiger partial charge < -0.3 is 4.74 Å². The minimum Gasteiger partial charge on any atom is -0.379 e.